The summed E-state index contributed by atoms with van der Waals surface area (Å²) in [4.78, 5) is 13.7. The number of para-hydroxylation sites is 1. The summed E-state index contributed by atoms with van der Waals surface area (Å²) >= 11 is 0. The second kappa shape index (κ2) is 6.52. The van der Waals surface area contributed by atoms with Crippen LogP contribution in [0.15, 0.2) is 35.4 Å². The van der Waals surface area contributed by atoms with Crippen LogP contribution in [0.5, 0.6) is 5.75 Å². The quantitative estimate of drug-likeness (QED) is 0.832. The fraction of sp³-hybridized carbons (Fsp3) is 0.400. The highest BCUT2D eigenvalue weighted by molar-refractivity contribution is 5.93. The molecule has 1 heterocycles. The third-order valence-electron chi connectivity index (χ3n) is 3.40. The Kier molecular flexibility index (Phi) is 4.74. The molecule has 2 rings (SSSR count). The number of carbonyl (C=O) groups excluding carboxylic acids is 1. The number of nitrogens with zero attached hydrogens (tertiary/aromatic N) is 1. The van der Waals surface area contributed by atoms with Crippen LogP contribution in [0.3, 0.4) is 0 Å². The van der Waals surface area contributed by atoms with Gasteiger partial charge in [0.05, 0.1) is 6.54 Å². The molecule has 1 amide bonds. The van der Waals surface area contributed by atoms with Crippen molar-refractivity contribution in [2.45, 2.75) is 6.92 Å². The van der Waals surface area contributed by atoms with Crippen LogP contribution in [0.2, 0.25) is 0 Å². The van der Waals surface area contributed by atoms with E-state index in [2.05, 4.69) is 5.32 Å². The minimum absolute atomic E-state index is 0.00127. The zero-order valence-corrected chi connectivity index (χ0v) is 11.8. The summed E-state index contributed by atoms with van der Waals surface area (Å²) in [6, 6.07) is 6.25. The van der Waals surface area contributed by atoms with Gasteiger partial charge in [-0.05, 0) is 24.6 Å². The first-order valence-electron chi connectivity index (χ1n) is 6.61. The van der Waals surface area contributed by atoms with Crippen molar-refractivity contribution in [3.05, 3.63) is 41.2 Å². The maximum atomic E-state index is 13.3. The molecule has 20 heavy (non-hydrogen) atoms. The maximum Gasteiger partial charge on any atom is 0.249 e. The van der Waals surface area contributed by atoms with Crippen LogP contribution in [0, 0.1) is 5.82 Å². The van der Waals surface area contributed by atoms with Crippen LogP contribution in [0.4, 0.5) is 4.39 Å². The number of halogens is 1. The molecule has 0 spiro atoms. The van der Waals surface area contributed by atoms with Gasteiger partial charge >= 0.3 is 0 Å². The highest BCUT2D eigenvalue weighted by Crippen LogP contribution is 2.15. The van der Waals surface area contributed by atoms with Crippen molar-refractivity contribution < 1.29 is 13.9 Å². The predicted octanol–water partition coefficient (Wildman–Crippen LogP) is 1.58. The van der Waals surface area contributed by atoms with Gasteiger partial charge in [-0.3, -0.25) is 4.79 Å². The van der Waals surface area contributed by atoms with Gasteiger partial charge in [0.2, 0.25) is 5.91 Å². The second-order valence-corrected chi connectivity index (χ2v) is 4.84. The Bertz CT molecular complexity index is 522. The highest BCUT2D eigenvalue weighted by atomic mass is 19.1. The number of rotatable bonds is 5. The van der Waals surface area contributed by atoms with Crippen molar-refractivity contribution in [3.8, 4) is 5.75 Å². The van der Waals surface area contributed by atoms with Crippen LogP contribution in [-0.4, -0.2) is 44.1 Å². The molecule has 0 atom stereocenters. The predicted molar refractivity (Wildman–Crippen MR) is 75.1 cm³/mol. The van der Waals surface area contributed by atoms with Gasteiger partial charge in [0, 0.05) is 25.7 Å². The molecule has 4 nitrogen and oxygen atoms in total. The Labute approximate surface area is 118 Å². The molecule has 0 aromatic heterocycles. The van der Waals surface area contributed by atoms with E-state index in [1.165, 1.54) is 6.07 Å². The number of hydrogen-bond donors (Lipinski definition) is 1. The van der Waals surface area contributed by atoms with E-state index in [1.807, 2.05) is 6.92 Å². The first-order chi connectivity index (χ1) is 9.59. The Balaban J connectivity index is 1.82. The van der Waals surface area contributed by atoms with Crippen molar-refractivity contribution in [2.24, 2.45) is 0 Å². The lowest BCUT2D eigenvalue weighted by Crippen LogP contribution is -2.39. The molecular formula is C15H19FN2O2. The fourth-order valence-electron chi connectivity index (χ4n) is 1.91. The van der Waals surface area contributed by atoms with E-state index in [0.717, 1.165) is 24.2 Å². The standard InChI is InChI=1S/C15H19FN2O2/c1-11(12-9-17-10-12)15(19)18(2)7-8-20-14-6-4-3-5-13(14)16/h3-6,17H,7-10H2,1-2H3. The molecule has 0 bridgehead atoms. The molecule has 0 unspecified atom stereocenters. The third-order valence-corrected chi connectivity index (χ3v) is 3.40. The first-order valence-corrected chi connectivity index (χ1v) is 6.61. The Morgan fingerprint density at radius 2 is 2.10 bits per heavy atom. The van der Waals surface area contributed by atoms with Gasteiger partial charge in [0.25, 0.3) is 0 Å². The van der Waals surface area contributed by atoms with Gasteiger partial charge in [-0.15, -0.1) is 0 Å². The number of nitrogens with one attached hydrogen (secondary N) is 1. The lowest BCUT2D eigenvalue weighted by molar-refractivity contribution is -0.126. The van der Waals surface area contributed by atoms with Gasteiger partial charge in [-0.1, -0.05) is 12.1 Å². The summed E-state index contributed by atoms with van der Waals surface area (Å²) in [6.07, 6.45) is 0. The average molecular weight is 278 g/mol. The Morgan fingerprint density at radius 1 is 1.40 bits per heavy atom. The lowest BCUT2D eigenvalue weighted by Gasteiger charge is -2.24. The first kappa shape index (κ1) is 14.5. The largest absolute Gasteiger partial charge is 0.489 e. The lowest BCUT2D eigenvalue weighted by atomic mass is 10.0. The number of hydrogen-bond acceptors (Lipinski definition) is 3. The molecule has 0 saturated carbocycles. The van der Waals surface area contributed by atoms with Crippen LogP contribution < -0.4 is 10.1 Å². The summed E-state index contributed by atoms with van der Waals surface area (Å²) < 4.78 is 18.7. The Morgan fingerprint density at radius 3 is 2.70 bits per heavy atom. The number of likely N-dealkylation sites (N-methyl/N-ethyl adjacent to an activating group) is 1. The van der Waals surface area contributed by atoms with Crippen LogP contribution in [0.1, 0.15) is 6.92 Å². The number of benzene rings is 1. The fourth-order valence-corrected chi connectivity index (χ4v) is 1.91. The zero-order chi connectivity index (χ0) is 14.5. The van der Waals surface area contributed by atoms with Gasteiger partial charge in [0.15, 0.2) is 11.6 Å². The van der Waals surface area contributed by atoms with E-state index in [1.54, 1.807) is 30.1 Å². The molecule has 1 fully saturated rings. The summed E-state index contributed by atoms with van der Waals surface area (Å²) in [7, 11) is 1.73. The van der Waals surface area contributed by atoms with Crippen molar-refractivity contribution in [2.75, 3.05) is 33.3 Å². The number of carbonyl (C=O) groups is 1. The van der Waals surface area contributed by atoms with Crippen molar-refractivity contribution in [1.29, 1.82) is 0 Å². The van der Waals surface area contributed by atoms with Gasteiger partial charge < -0.3 is 15.0 Å². The number of ether oxygens (including phenoxy) is 1. The molecule has 1 aliphatic rings. The molecule has 1 aromatic rings. The molecule has 0 aliphatic carbocycles. The van der Waals surface area contributed by atoms with Crippen molar-refractivity contribution in [1.82, 2.24) is 10.2 Å². The molecule has 1 aromatic carbocycles. The van der Waals surface area contributed by atoms with E-state index in [4.69, 9.17) is 4.74 Å². The van der Waals surface area contributed by atoms with E-state index in [0.29, 0.717) is 6.54 Å². The summed E-state index contributed by atoms with van der Waals surface area (Å²) in [5, 5.41) is 3.11. The van der Waals surface area contributed by atoms with Gasteiger partial charge in [-0.2, -0.15) is 0 Å². The van der Waals surface area contributed by atoms with Crippen LogP contribution in [-0.2, 0) is 4.79 Å². The Hall–Kier alpha value is -1.88. The summed E-state index contributed by atoms with van der Waals surface area (Å²) in [5.41, 5.74) is 1.94. The van der Waals surface area contributed by atoms with Gasteiger partial charge in [-0.25, -0.2) is 4.39 Å². The molecule has 1 N–H and O–H groups in total. The minimum Gasteiger partial charge on any atom is -0.489 e. The van der Waals surface area contributed by atoms with E-state index < -0.39 is 0 Å². The zero-order valence-electron chi connectivity index (χ0n) is 11.8. The minimum atomic E-state index is -0.389. The van der Waals surface area contributed by atoms with E-state index in [-0.39, 0.29) is 24.1 Å². The molecule has 1 saturated heterocycles. The third kappa shape index (κ3) is 3.36. The summed E-state index contributed by atoms with van der Waals surface area (Å²) in [5.74, 6) is -0.175. The molecule has 108 valence electrons. The SMILES string of the molecule is CC(C(=O)N(C)CCOc1ccccc1F)=C1CNC1. The average Bonchev–Trinajstić information content (AvgIpc) is 2.38. The second-order valence-electron chi connectivity index (χ2n) is 4.84. The van der Waals surface area contributed by atoms with E-state index >= 15 is 0 Å². The van der Waals surface area contributed by atoms with Gasteiger partial charge in [0.1, 0.15) is 6.61 Å². The normalized spacial score (nSPS) is 13.7. The number of amides is 1. The topological polar surface area (TPSA) is 41.6 Å². The molecule has 1 aliphatic heterocycles. The van der Waals surface area contributed by atoms with Crippen LogP contribution in [0.25, 0.3) is 0 Å². The molecule has 0 radical (unpaired) electrons. The molecule has 5 heteroatoms. The van der Waals surface area contributed by atoms with Crippen LogP contribution >= 0.6 is 0 Å². The van der Waals surface area contributed by atoms with E-state index in [9.17, 15) is 9.18 Å². The van der Waals surface area contributed by atoms with Crippen molar-refractivity contribution >= 4 is 5.91 Å². The van der Waals surface area contributed by atoms with Crippen molar-refractivity contribution in [3.63, 3.8) is 0 Å². The molecular weight excluding hydrogens is 259 g/mol. The smallest absolute Gasteiger partial charge is 0.249 e. The maximum absolute atomic E-state index is 13.3. The summed E-state index contributed by atoms with van der Waals surface area (Å²) in [6.45, 7) is 4.11. The highest BCUT2D eigenvalue weighted by Gasteiger charge is 2.18. The monoisotopic (exact) mass is 278 g/mol.